The summed E-state index contributed by atoms with van der Waals surface area (Å²) in [6.45, 7) is 5.99. The molecule has 252 valence electrons. The first-order valence-electron chi connectivity index (χ1n) is 16.5. The molecule has 4 aromatic rings. The zero-order chi connectivity index (χ0) is 34.0. The number of likely N-dealkylation sites (N-methyl/N-ethyl adjacent to an activating group) is 1. The van der Waals surface area contributed by atoms with Crippen molar-refractivity contribution >= 4 is 56.3 Å². The van der Waals surface area contributed by atoms with Crippen molar-refractivity contribution in [2.45, 2.75) is 55.5 Å². The summed E-state index contributed by atoms with van der Waals surface area (Å²) in [4.78, 5) is 52.9. The molecule has 5 heterocycles. The Bertz CT molecular complexity index is 2050. The van der Waals surface area contributed by atoms with E-state index < -0.39 is 22.2 Å². The van der Waals surface area contributed by atoms with Crippen molar-refractivity contribution in [3.05, 3.63) is 66.7 Å². The lowest BCUT2D eigenvalue weighted by atomic mass is 9.96. The minimum Gasteiger partial charge on any atom is -0.508 e. The van der Waals surface area contributed by atoms with E-state index in [0.29, 0.717) is 35.6 Å². The summed E-state index contributed by atoms with van der Waals surface area (Å²) in [6, 6.07) is 13.9. The van der Waals surface area contributed by atoms with Gasteiger partial charge in [0.05, 0.1) is 6.04 Å². The molecule has 49 heavy (non-hydrogen) atoms. The number of halogens is 1. The Morgan fingerprint density at radius 3 is 2.55 bits per heavy atom. The number of carbonyl (C=O) groups excluding carboxylic acids is 3. The van der Waals surface area contributed by atoms with E-state index in [9.17, 15) is 19.5 Å². The molecule has 3 aromatic carbocycles. The van der Waals surface area contributed by atoms with Gasteiger partial charge in [-0.25, -0.2) is 4.39 Å². The molecule has 2 bridgehead atoms. The Morgan fingerprint density at radius 1 is 1.06 bits per heavy atom. The minimum absolute atomic E-state index is 0.00981. The quantitative estimate of drug-likeness (QED) is 0.251. The lowest BCUT2D eigenvalue weighted by Gasteiger charge is -2.42. The standard InChI is InChI=1S/C36H35FN6O5S/c1-19(28-8-5-13-41(28)2)48-35-38-32-26(12-11-25(31(32)37)27-15-23(44)14-20-6-3-4-7-24(20)27)33(39-35)42-17-21-9-10-22(18-42)43(21)30(45)16-29-34(46)40-36(47)49-29/h3-4,6-7,11-12,14-15,21-22,28-29,44H,1,5,8-10,13,16-18H2,2H3,(H,40,46,47)/t21?,22?,28-,29?/m0/s1. The third-order valence-electron chi connectivity index (χ3n) is 10.2. The smallest absolute Gasteiger partial charge is 0.324 e. The number of benzene rings is 3. The second kappa shape index (κ2) is 12.3. The van der Waals surface area contributed by atoms with Gasteiger partial charge in [0.15, 0.2) is 5.82 Å². The Balaban J connectivity index is 1.17. The Hall–Kier alpha value is -4.75. The number of likely N-dealkylation sites (tertiary alicyclic amines) is 1. The highest BCUT2D eigenvalue weighted by Gasteiger charge is 2.45. The molecule has 1 aromatic heterocycles. The number of anilines is 1. The van der Waals surface area contributed by atoms with Crippen LogP contribution in [0.15, 0.2) is 60.9 Å². The van der Waals surface area contributed by atoms with Crippen LogP contribution in [0, 0.1) is 5.82 Å². The maximum Gasteiger partial charge on any atom is 0.324 e. The highest BCUT2D eigenvalue weighted by atomic mass is 32.2. The van der Waals surface area contributed by atoms with E-state index >= 15 is 4.39 Å². The van der Waals surface area contributed by atoms with Crippen LogP contribution in [0.5, 0.6) is 11.8 Å². The summed E-state index contributed by atoms with van der Waals surface area (Å²) in [6.07, 6.45) is 3.40. The summed E-state index contributed by atoms with van der Waals surface area (Å²) in [5, 5.41) is 13.7. The van der Waals surface area contributed by atoms with Gasteiger partial charge in [-0.3, -0.25) is 24.6 Å². The van der Waals surface area contributed by atoms with Gasteiger partial charge in [0.2, 0.25) is 11.8 Å². The van der Waals surface area contributed by atoms with Gasteiger partial charge in [0.25, 0.3) is 5.24 Å². The van der Waals surface area contributed by atoms with Crippen LogP contribution in [0.4, 0.5) is 15.0 Å². The summed E-state index contributed by atoms with van der Waals surface area (Å²) < 4.78 is 23.0. The fourth-order valence-corrected chi connectivity index (χ4v) is 8.72. The number of rotatable bonds is 7. The molecule has 0 spiro atoms. The Morgan fingerprint density at radius 2 is 1.84 bits per heavy atom. The van der Waals surface area contributed by atoms with Crippen LogP contribution in [0.1, 0.15) is 32.1 Å². The predicted molar refractivity (Wildman–Crippen MR) is 185 cm³/mol. The zero-order valence-electron chi connectivity index (χ0n) is 26.9. The number of aromatic nitrogens is 2. The van der Waals surface area contributed by atoms with Gasteiger partial charge in [-0.1, -0.05) is 48.7 Å². The lowest BCUT2D eigenvalue weighted by molar-refractivity contribution is -0.136. The van der Waals surface area contributed by atoms with Crippen LogP contribution in [-0.2, 0) is 9.59 Å². The number of amides is 3. The number of aromatic hydroxyl groups is 1. The van der Waals surface area contributed by atoms with Crippen LogP contribution in [0.25, 0.3) is 32.8 Å². The van der Waals surface area contributed by atoms with Gasteiger partial charge in [-0.05, 0) is 73.8 Å². The molecule has 0 radical (unpaired) electrons. The summed E-state index contributed by atoms with van der Waals surface area (Å²) in [5.74, 6) is -0.136. The van der Waals surface area contributed by atoms with E-state index in [-0.39, 0.29) is 53.3 Å². The predicted octanol–water partition coefficient (Wildman–Crippen LogP) is 5.20. The fourth-order valence-electron chi connectivity index (χ4n) is 7.92. The first-order valence-corrected chi connectivity index (χ1v) is 17.4. The van der Waals surface area contributed by atoms with Crippen LogP contribution >= 0.6 is 11.8 Å². The van der Waals surface area contributed by atoms with Crippen molar-refractivity contribution < 1.29 is 28.6 Å². The summed E-state index contributed by atoms with van der Waals surface area (Å²) in [7, 11) is 2.01. The van der Waals surface area contributed by atoms with E-state index in [1.165, 1.54) is 0 Å². The van der Waals surface area contributed by atoms with Gasteiger partial charge in [-0.15, -0.1) is 0 Å². The number of nitrogens with one attached hydrogen (secondary N) is 1. The summed E-state index contributed by atoms with van der Waals surface area (Å²) >= 11 is 0.857. The largest absolute Gasteiger partial charge is 0.508 e. The number of phenols is 1. The van der Waals surface area contributed by atoms with E-state index in [2.05, 4.69) is 26.7 Å². The lowest BCUT2D eigenvalue weighted by Crippen LogP contribution is -2.56. The van der Waals surface area contributed by atoms with E-state index in [0.717, 1.165) is 54.8 Å². The molecule has 0 aliphatic carbocycles. The number of thioether (sulfide) groups is 1. The number of hydrogen-bond acceptors (Lipinski definition) is 10. The number of fused-ring (bicyclic) bond motifs is 4. The molecular formula is C36H35FN6O5S. The number of hydrogen-bond donors (Lipinski definition) is 2. The number of imide groups is 1. The Labute approximate surface area is 286 Å². The number of ether oxygens (including phenoxy) is 1. The first kappa shape index (κ1) is 31.5. The van der Waals surface area contributed by atoms with Gasteiger partial charge in [0.1, 0.15) is 28.1 Å². The van der Waals surface area contributed by atoms with Gasteiger partial charge < -0.3 is 19.6 Å². The van der Waals surface area contributed by atoms with Crippen molar-refractivity contribution in [3.8, 4) is 22.9 Å². The average molecular weight is 683 g/mol. The van der Waals surface area contributed by atoms with Gasteiger partial charge in [-0.2, -0.15) is 9.97 Å². The van der Waals surface area contributed by atoms with Crippen LogP contribution in [0.3, 0.4) is 0 Å². The SMILES string of the molecule is C=C(Oc1nc(N2CC3CCC(C2)N3C(=O)CC2SC(=O)NC2=O)c2ccc(-c3cc(O)cc4ccccc34)c(F)c2n1)[C@@H]1CCCN1C. The molecule has 3 amide bonds. The van der Waals surface area contributed by atoms with Crippen LogP contribution in [-0.4, -0.2) is 92.0 Å². The monoisotopic (exact) mass is 682 g/mol. The molecule has 0 saturated carbocycles. The topological polar surface area (TPSA) is 128 Å². The molecule has 13 heteroatoms. The number of carbonyl (C=O) groups is 3. The average Bonchev–Trinajstić information content (AvgIpc) is 3.73. The molecule has 4 saturated heterocycles. The van der Waals surface area contributed by atoms with Crippen molar-refractivity contribution in [2.75, 3.05) is 31.6 Å². The Kier molecular flexibility index (Phi) is 7.91. The van der Waals surface area contributed by atoms with Crippen molar-refractivity contribution in [2.24, 2.45) is 0 Å². The molecule has 4 atom stereocenters. The van der Waals surface area contributed by atoms with Crippen molar-refractivity contribution in [3.63, 3.8) is 0 Å². The number of nitrogens with zero attached hydrogens (tertiary/aromatic N) is 5. The molecule has 4 aliphatic heterocycles. The third kappa shape index (κ3) is 5.64. The molecule has 4 fully saturated rings. The van der Waals surface area contributed by atoms with Gasteiger partial charge in [0, 0.05) is 42.5 Å². The second-order valence-corrected chi connectivity index (χ2v) is 14.4. The molecule has 4 aliphatic rings. The summed E-state index contributed by atoms with van der Waals surface area (Å²) in [5.41, 5.74) is 0.903. The van der Waals surface area contributed by atoms with E-state index in [1.54, 1.807) is 24.3 Å². The normalized spacial score (nSPS) is 23.9. The van der Waals surface area contributed by atoms with Crippen molar-refractivity contribution in [1.29, 1.82) is 0 Å². The second-order valence-electron chi connectivity index (χ2n) is 13.3. The molecular weight excluding hydrogens is 647 g/mol. The third-order valence-corrected chi connectivity index (χ3v) is 11.2. The zero-order valence-corrected chi connectivity index (χ0v) is 27.7. The fraction of sp³-hybridized carbons (Fsp3) is 0.361. The molecule has 2 N–H and O–H groups in total. The van der Waals surface area contributed by atoms with Crippen LogP contribution in [0.2, 0.25) is 0 Å². The maximum atomic E-state index is 16.8. The van der Waals surface area contributed by atoms with Crippen molar-refractivity contribution in [1.82, 2.24) is 25.1 Å². The molecule has 3 unspecified atom stereocenters. The molecule has 11 nitrogen and oxygen atoms in total. The van der Waals surface area contributed by atoms with E-state index in [4.69, 9.17) is 9.72 Å². The maximum absolute atomic E-state index is 16.8. The highest BCUT2D eigenvalue weighted by Crippen LogP contribution is 2.41. The van der Waals surface area contributed by atoms with E-state index in [1.807, 2.05) is 36.2 Å². The molecule has 8 rings (SSSR count). The van der Waals surface area contributed by atoms with Gasteiger partial charge >= 0.3 is 6.01 Å². The first-order chi connectivity index (χ1) is 23.6. The highest BCUT2D eigenvalue weighted by molar-refractivity contribution is 8.15. The minimum atomic E-state index is -0.726. The number of piperazine rings is 1. The van der Waals surface area contributed by atoms with Crippen LogP contribution < -0.4 is 15.0 Å². The number of phenolic OH excluding ortho intramolecular Hbond substituents is 1.